The van der Waals surface area contributed by atoms with Crippen LogP contribution in [0.15, 0.2) is 35.9 Å². The number of non-ortho nitro benzene ring substituents is 1. The zero-order valence-corrected chi connectivity index (χ0v) is 23.6. The van der Waals surface area contributed by atoms with Gasteiger partial charge in [0.2, 0.25) is 5.91 Å². The molecular formula is C27H40N2O6Si. The van der Waals surface area contributed by atoms with Crippen LogP contribution in [-0.4, -0.2) is 36.8 Å². The first kappa shape index (κ1) is 28.1. The summed E-state index contributed by atoms with van der Waals surface area (Å²) in [5.74, 6) is -0.772. The summed E-state index contributed by atoms with van der Waals surface area (Å²) in [6.45, 7) is 14.3. The van der Waals surface area contributed by atoms with Gasteiger partial charge in [0.15, 0.2) is 13.9 Å². The molecule has 9 heteroatoms. The van der Waals surface area contributed by atoms with Gasteiger partial charge in [-0.05, 0) is 74.0 Å². The molecule has 1 N–H and O–H groups in total. The number of nitrogens with zero attached hydrogens (tertiary/aromatic N) is 1. The molecule has 2 aliphatic rings. The topological polar surface area (TPSA) is 108 Å². The lowest BCUT2D eigenvalue weighted by Crippen LogP contribution is -2.66. The van der Waals surface area contributed by atoms with E-state index in [0.29, 0.717) is 11.1 Å². The summed E-state index contributed by atoms with van der Waals surface area (Å²) in [6.07, 6.45) is 5.39. The van der Waals surface area contributed by atoms with Crippen LogP contribution in [0.3, 0.4) is 0 Å². The largest absolute Gasteiger partial charge is 0.456 e. The molecule has 0 bridgehead atoms. The number of amides is 1. The zero-order valence-electron chi connectivity index (χ0n) is 22.6. The van der Waals surface area contributed by atoms with Crippen molar-refractivity contribution < 1.29 is 23.7 Å². The van der Waals surface area contributed by atoms with E-state index in [1.807, 2.05) is 0 Å². The van der Waals surface area contributed by atoms with Crippen molar-refractivity contribution in [3.63, 3.8) is 0 Å². The van der Waals surface area contributed by atoms with Gasteiger partial charge in [-0.1, -0.05) is 40.0 Å². The third-order valence-electron chi connectivity index (χ3n) is 8.20. The predicted octanol–water partition coefficient (Wildman–Crippen LogP) is 5.98. The number of carbonyl (C=O) groups is 2. The molecular weight excluding hydrogens is 476 g/mol. The van der Waals surface area contributed by atoms with Crippen LogP contribution < -0.4 is 5.32 Å². The Morgan fingerprint density at radius 1 is 1.17 bits per heavy atom. The molecule has 1 aliphatic heterocycles. The standard InChI is InChI=1S/C27H40N2O6Si/c1-18-17-23(30)28-27(18,25(31)34-19(2)20-13-15-22(16-14-20)29(32)33)24(21-11-9-8-10-12-21)35-36(6,7)26(3,4)5/h13-17,19,21,24H,8-12H2,1-7H3,(H,28,30)/t19-,24-,27-/m0/s1. The van der Waals surface area contributed by atoms with E-state index < -0.39 is 37.0 Å². The molecule has 1 fully saturated rings. The highest BCUT2D eigenvalue weighted by atomic mass is 28.4. The number of nitrogens with one attached hydrogen (secondary N) is 1. The molecule has 1 saturated carbocycles. The second-order valence-corrected chi connectivity index (χ2v) is 16.5. The first-order chi connectivity index (χ1) is 16.7. The Morgan fingerprint density at radius 2 is 1.75 bits per heavy atom. The molecule has 198 valence electrons. The van der Waals surface area contributed by atoms with Crippen LogP contribution in [-0.2, 0) is 18.8 Å². The van der Waals surface area contributed by atoms with Crippen molar-refractivity contribution in [3.05, 3.63) is 51.6 Å². The van der Waals surface area contributed by atoms with Gasteiger partial charge in [-0.2, -0.15) is 0 Å². The van der Waals surface area contributed by atoms with Gasteiger partial charge in [-0.25, -0.2) is 4.79 Å². The van der Waals surface area contributed by atoms with Crippen molar-refractivity contribution in [1.82, 2.24) is 5.32 Å². The van der Waals surface area contributed by atoms with Crippen molar-refractivity contribution in [2.75, 3.05) is 0 Å². The first-order valence-electron chi connectivity index (χ1n) is 12.8. The Hall–Kier alpha value is -2.52. The lowest BCUT2D eigenvalue weighted by molar-refractivity contribution is -0.384. The fourth-order valence-corrected chi connectivity index (χ4v) is 6.28. The number of ether oxygens (including phenoxy) is 1. The minimum absolute atomic E-state index is 0.0317. The maximum absolute atomic E-state index is 14.1. The maximum Gasteiger partial charge on any atom is 0.339 e. The molecule has 3 atom stereocenters. The second kappa shape index (κ2) is 10.5. The van der Waals surface area contributed by atoms with Crippen LogP contribution in [0.1, 0.15) is 78.4 Å². The highest BCUT2D eigenvalue weighted by Gasteiger charge is 2.58. The molecule has 0 spiro atoms. The monoisotopic (exact) mass is 516 g/mol. The van der Waals surface area contributed by atoms with Gasteiger partial charge in [0.05, 0.1) is 11.0 Å². The van der Waals surface area contributed by atoms with Gasteiger partial charge in [0, 0.05) is 18.2 Å². The van der Waals surface area contributed by atoms with E-state index in [9.17, 15) is 19.7 Å². The number of rotatable bonds is 8. The lowest BCUT2D eigenvalue weighted by Gasteiger charge is -2.48. The number of carbonyl (C=O) groups excluding carboxylic acids is 2. The average molecular weight is 517 g/mol. The highest BCUT2D eigenvalue weighted by Crippen LogP contribution is 2.45. The van der Waals surface area contributed by atoms with Crippen LogP contribution in [0.25, 0.3) is 0 Å². The molecule has 1 amide bonds. The Kier molecular flexibility index (Phi) is 8.15. The predicted molar refractivity (Wildman–Crippen MR) is 141 cm³/mol. The number of hydrogen-bond acceptors (Lipinski definition) is 6. The Morgan fingerprint density at radius 3 is 2.22 bits per heavy atom. The van der Waals surface area contributed by atoms with E-state index in [4.69, 9.17) is 9.16 Å². The summed E-state index contributed by atoms with van der Waals surface area (Å²) in [6, 6.07) is 5.96. The Bertz CT molecular complexity index is 1020. The summed E-state index contributed by atoms with van der Waals surface area (Å²) in [4.78, 5) is 37.3. The number of nitro benzene ring substituents is 1. The Labute approximate surface area is 215 Å². The van der Waals surface area contributed by atoms with Crippen molar-refractivity contribution in [1.29, 1.82) is 0 Å². The number of nitro groups is 1. The molecule has 0 aromatic heterocycles. The minimum atomic E-state index is -2.34. The van der Waals surface area contributed by atoms with E-state index in [1.165, 1.54) is 18.2 Å². The fraction of sp³-hybridized carbons (Fsp3) is 0.630. The van der Waals surface area contributed by atoms with E-state index in [-0.39, 0.29) is 22.6 Å². The summed E-state index contributed by atoms with van der Waals surface area (Å²) < 4.78 is 13.0. The molecule has 1 aromatic rings. The Balaban J connectivity index is 2.00. The SMILES string of the molecule is CC1=CC(=O)N[C@]1(C(=O)O[C@@H](C)c1ccc([N+](=O)[O-])cc1)[C@@H](O[Si](C)(C)C(C)(C)C)C1CCCCC1. The normalized spacial score (nSPS) is 23.0. The first-order valence-corrected chi connectivity index (χ1v) is 15.7. The van der Waals surface area contributed by atoms with Crippen LogP contribution in [0.5, 0.6) is 0 Å². The van der Waals surface area contributed by atoms with Crippen LogP contribution in [0.4, 0.5) is 5.69 Å². The third-order valence-corrected chi connectivity index (χ3v) is 12.7. The summed E-state index contributed by atoms with van der Waals surface area (Å²) >= 11 is 0. The molecule has 36 heavy (non-hydrogen) atoms. The summed E-state index contributed by atoms with van der Waals surface area (Å²) in [7, 11) is -2.34. The van der Waals surface area contributed by atoms with Crippen molar-refractivity contribution in [2.45, 2.75) is 103 Å². The van der Waals surface area contributed by atoms with E-state index in [1.54, 1.807) is 26.0 Å². The van der Waals surface area contributed by atoms with Crippen LogP contribution >= 0.6 is 0 Å². The highest BCUT2D eigenvalue weighted by molar-refractivity contribution is 6.74. The van der Waals surface area contributed by atoms with Crippen molar-refractivity contribution in [3.8, 4) is 0 Å². The molecule has 3 rings (SSSR count). The lowest BCUT2D eigenvalue weighted by atomic mass is 9.74. The molecule has 8 nitrogen and oxygen atoms in total. The molecule has 1 heterocycles. The second-order valence-electron chi connectivity index (χ2n) is 11.7. The van der Waals surface area contributed by atoms with Crippen molar-refractivity contribution in [2.24, 2.45) is 5.92 Å². The fourth-order valence-electron chi connectivity index (χ4n) is 4.92. The van der Waals surface area contributed by atoms with Crippen LogP contribution in [0.2, 0.25) is 18.1 Å². The van der Waals surface area contributed by atoms with Gasteiger partial charge >= 0.3 is 5.97 Å². The van der Waals surface area contributed by atoms with E-state index in [0.717, 1.165) is 32.1 Å². The molecule has 0 radical (unpaired) electrons. The van der Waals surface area contributed by atoms with E-state index in [2.05, 4.69) is 39.2 Å². The smallest absolute Gasteiger partial charge is 0.339 e. The molecule has 1 aromatic carbocycles. The average Bonchev–Trinajstić information content (AvgIpc) is 3.11. The van der Waals surface area contributed by atoms with Crippen LogP contribution in [0, 0.1) is 16.0 Å². The molecule has 0 saturated heterocycles. The summed E-state index contributed by atoms with van der Waals surface area (Å²) in [5, 5.41) is 13.9. The van der Waals surface area contributed by atoms with Crippen molar-refractivity contribution >= 4 is 25.9 Å². The van der Waals surface area contributed by atoms with Gasteiger partial charge < -0.3 is 14.5 Å². The number of hydrogen-bond donors (Lipinski definition) is 1. The van der Waals surface area contributed by atoms with Gasteiger partial charge in [0.25, 0.3) is 5.69 Å². The van der Waals surface area contributed by atoms with Gasteiger partial charge in [-0.15, -0.1) is 0 Å². The molecule has 0 unspecified atom stereocenters. The quantitative estimate of drug-likeness (QED) is 0.197. The summed E-state index contributed by atoms with van der Waals surface area (Å²) in [5.41, 5.74) is -0.211. The van der Waals surface area contributed by atoms with Gasteiger partial charge in [-0.3, -0.25) is 14.9 Å². The number of benzene rings is 1. The zero-order chi connectivity index (χ0) is 26.9. The van der Waals surface area contributed by atoms with E-state index >= 15 is 0 Å². The maximum atomic E-state index is 14.1. The molecule has 1 aliphatic carbocycles. The minimum Gasteiger partial charge on any atom is -0.456 e. The van der Waals surface area contributed by atoms with Gasteiger partial charge in [0.1, 0.15) is 6.10 Å². The third kappa shape index (κ3) is 5.57. The number of esters is 1.